The SMILES string of the molecule is C=CCNC(=NCCc1sc(C)nc1C)NCC. The zero-order chi connectivity index (χ0) is 13.4. The maximum absolute atomic E-state index is 4.52. The first-order valence-electron chi connectivity index (χ1n) is 6.23. The fourth-order valence-electron chi connectivity index (χ4n) is 1.59. The number of aromatic nitrogens is 1. The molecule has 0 fully saturated rings. The highest BCUT2D eigenvalue weighted by atomic mass is 32.1. The maximum atomic E-state index is 4.52. The van der Waals surface area contributed by atoms with Crippen molar-refractivity contribution < 1.29 is 0 Å². The third-order valence-electron chi connectivity index (χ3n) is 2.37. The molecule has 1 aromatic heterocycles. The summed E-state index contributed by atoms with van der Waals surface area (Å²) < 4.78 is 0. The van der Waals surface area contributed by atoms with Gasteiger partial charge in [0.1, 0.15) is 0 Å². The molecule has 0 aromatic carbocycles. The molecule has 1 heterocycles. The fourth-order valence-corrected chi connectivity index (χ4v) is 2.51. The summed E-state index contributed by atoms with van der Waals surface area (Å²) in [5.41, 5.74) is 1.14. The van der Waals surface area contributed by atoms with Crippen molar-refractivity contribution in [3.8, 4) is 0 Å². The van der Waals surface area contributed by atoms with Crippen molar-refractivity contribution in [3.05, 3.63) is 28.2 Å². The number of hydrogen-bond donors (Lipinski definition) is 2. The number of aryl methyl sites for hydroxylation is 2. The Bertz CT molecular complexity index is 409. The molecule has 4 nitrogen and oxygen atoms in total. The van der Waals surface area contributed by atoms with Crippen molar-refractivity contribution >= 4 is 17.3 Å². The molecule has 2 N–H and O–H groups in total. The molecule has 0 bridgehead atoms. The van der Waals surface area contributed by atoms with Gasteiger partial charge in [-0.15, -0.1) is 17.9 Å². The van der Waals surface area contributed by atoms with Gasteiger partial charge in [0.05, 0.1) is 10.7 Å². The summed E-state index contributed by atoms with van der Waals surface area (Å²) >= 11 is 1.76. The molecule has 0 amide bonds. The van der Waals surface area contributed by atoms with E-state index in [0.29, 0.717) is 0 Å². The Hall–Kier alpha value is -1.36. The number of nitrogens with one attached hydrogen (secondary N) is 2. The second kappa shape index (κ2) is 7.87. The minimum atomic E-state index is 0.727. The average molecular weight is 266 g/mol. The van der Waals surface area contributed by atoms with E-state index >= 15 is 0 Å². The molecule has 100 valence electrons. The van der Waals surface area contributed by atoms with Gasteiger partial charge in [-0.05, 0) is 20.8 Å². The lowest BCUT2D eigenvalue weighted by Gasteiger charge is -2.08. The molecule has 1 rings (SSSR count). The Morgan fingerprint density at radius 1 is 1.44 bits per heavy atom. The van der Waals surface area contributed by atoms with Crippen LogP contribution in [0, 0.1) is 13.8 Å². The molecule has 0 unspecified atom stereocenters. The van der Waals surface area contributed by atoms with E-state index in [0.717, 1.165) is 42.7 Å². The highest BCUT2D eigenvalue weighted by Crippen LogP contribution is 2.17. The standard InChI is InChI=1S/C13H22N4S/c1-5-8-15-13(14-6-2)16-9-7-12-10(3)17-11(4)18-12/h5H,1,6-9H2,2-4H3,(H2,14,15,16). The highest BCUT2D eigenvalue weighted by Gasteiger charge is 2.04. The number of thiazole rings is 1. The lowest BCUT2D eigenvalue weighted by atomic mass is 10.3. The minimum absolute atomic E-state index is 0.727. The van der Waals surface area contributed by atoms with Crippen LogP contribution in [-0.4, -0.2) is 30.6 Å². The van der Waals surface area contributed by atoms with E-state index in [-0.39, 0.29) is 0 Å². The Balaban J connectivity index is 2.49. The smallest absolute Gasteiger partial charge is 0.191 e. The van der Waals surface area contributed by atoms with Gasteiger partial charge in [-0.2, -0.15) is 0 Å². The first kappa shape index (κ1) is 14.7. The number of nitrogens with zero attached hydrogens (tertiary/aromatic N) is 2. The van der Waals surface area contributed by atoms with Crippen LogP contribution in [0.1, 0.15) is 22.5 Å². The molecule has 0 radical (unpaired) electrons. The Morgan fingerprint density at radius 2 is 2.22 bits per heavy atom. The lowest BCUT2D eigenvalue weighted by molar-refractivity contribution is 0.852. The molecule has 0 spiro atoms. The molecule has 0 aliphatic carbocycles. The average Bonchev–Trinajstić information content (AvgIpc) is 2.65. The molecule has 0 saturated carbocycles. The highest BCUT2D eigenvalue weighted by molar-refractivity contribution is 7.11. The molecular formula is C13H22N4S. The quantitative estimate of drug-likeness (QED) is 0.471. The largest absolute Gasteiger partial charge is 0.357 e. The Morgan fingerprint density at radius 3 is 2.78 bits per heavy atom. The van der Waals surface area contributed by atoms with Crippen molar-refractivity contribution in [2.75, 3.05) is 19.6 Å². The summed E-state index contributed by atoms with van der Waals surface area (Å²) in [7, 11) is 0. The first-order chi connectivity index (χ1) is 8.67. The second-order valence-corrected chi connectivity index (χ2v) is 5.21. The second-order valence-electron chi connectivity index (χ2n) is 3.92. The van der Waals surface area contributed by atoms with Gasteiger partial charge in [0.15, 0.2) is 5.96 Å². The normalized spacial score (nSPS) is 11.4. The van der Waals surface area contributed by atoms with Crippen LogP contribution >= 0.6 is 11.3 Å². The number of aliphatic imine (C=N–C) groups is 1. The van der Waals surface area contributed by atoms with Crippen molar-refractivity contribution in [3.63, 3.8) is 0 Å². The van der Waals surface area contributed by atoms with Gasteiger partial charge >= 0.3 is 0 Å². The van der Waals surface area contributed by atoms with Gasteiger partial charge < -0.3 is 10.6 Å². The molecular weight excluding hydrogens is 244 g/mol. The summed E-state index contributed by atoms with van der Waals surface area (Å²) in [4.78, 5) is 10.3. The predicted molar refractivity (Wildman–Crippen MR) is 79.5 cm³/mol. The Kier molecular flexibility index (Phi) is 6.43. The van der Waals surface area contributed by atoms with Crippen LogP contribution in [0.4, 0.5) is 0 Å². The zero-order valence-electron chi connectivity index (χ0n) is 11.4. The van der Waals surface area contributed by atoms with E-state index in [1.54, 1.807) is 11.3 Å². The van der Waals surface area contributed by atoms with Gasteiger partial charge in [-0.1, -0.05) is 6.08 Å². The van der Waals surface area contributed by atoms with Crippen LogP contribution in [0.25, 0.3) is 0 Å². The fraction of sp³-hybridized carbons (Fsp3) is 0.538. The summed E-state index contributed by atoms with van der Waals surface area (Å²) in [6, 6.07) is 0. The molecule has 0 aliphatic heterocycles. The summed E-state index contributed by atoms with van der Waals surface area (Å²) in [6.45, 7) is 12.2. The van der Waals surface area contributed by atoms with Crippen LogP contribution in [0.2, 0.25) is 0 Å². The zero-order valence-corrected chi connectivity index (χ0v) is 12.2. The lowest BCUT2D eigenvalue weighted by Crippen LogP contribution is -2.37. The molecule has 0 atom stereocenters. The summed E-state index contributed by atoms with van der Waals surface area (Å²) in [5, 5.41) is 7.52. The predicted octanol–water partition coefficient (Wildman–Crippen LogP) is 2.04. The number of hydrogen-bond acceptors (Lipinski definition) is 3. The van der Waals surface area contributed by atoms with E-state index < -0.39 is 0 Å². The Labute approximate surface area is 113 Å². The van der Waals surface area contributed by atoms with Crippen LogP contribution < -0.4 is 10.6 Å². The summed E-state index contributed by atoms with van der Waals surface area (Å²) in [5.74, 6) is 0.844. The monoisotopic (exact) mass is 266 g/mol. The molecule has 1 aromatic rings. The van der Waals surface area contributed by atoms with Crippen LogP contribution in [0.5, 0.6) is 0 Å². The van der Waals surface area contributed by atoms with Crippen molar-refractivity contribution in [1.29, 1.82) is 0 Å². The van der Waals surface area contributed by atoms with Gasteiger partial charge in [0.2, 0.25) is 0 Å². The van der Waals surface area contributed by atoms with Crippen molar-refractivity contribution in [2.24, 2.45) is 4.99 Å². The van der Waals surface area contributed by atoms with Crippen LogP contribution in [-0.2, 0) is 6.42 Å². The van der Waals surface area contributed by atoms with E-state index in [9.17, 15) is 0 Å². The first-order valence-corrected chi connectivity index (χ1v) is 7.05. The van der Waals surface area contributed by atoms with E-state index in [2.05, 4.69) is 41.0 Å². The van der Waals surface area contributed by atoms with Gasteiger partial charge in [-0.25, -0.2) is 4.98 Å². The van der Waals surface area contributed by atoms with E-state index in [1.807, 2.05) is 13.0 Å². The van der Waals surface area contributed by atoms with E-state index in [4.69, 9.17) is 0 Å². The van der Waals surface area contributed by atoms with Crippen LogP contribution in [0.3, 0.4) is 0 Å². The van der Waals surface area contributed by atoms with Gasteiger partial charge in [0, 0.05) is 30.9 Å². The van der Waals surface area contributed by atoms with Crippen molar-refractivity contribution in [2.45, 2.75) is 27.2 Å². The van der Waals surface area contributed by atoms with Crippen LogP contribution in [0.15, 0.2) is 17.6 Å². The summed E-state index contributed by atoms with van der Waals surface area (Å²) in [6.07, 6.45) is 2.77. The maximum Gasteiger partial charge on any atom is 0.191 e. The third-order valence-corrected chi connectivity index (χ3v) is 3.50. The molecule has 5 heteroatoms. The van der Waals surface area contributed by atoms with Crippen molar-refractivity contribution in [1.82, 2.24) is 15.6 Å². The topological polar surface area (TPSA) is 49.3 Å². The van der Waals surface area contributed by atoms with Gasteiger partial charge in [0.25, 0.3) is 0 Å². The molecule has 0 aliphatic rings. The number of guanidine groups is 1. The minimum Gasteiger partial charge on any atom is -0.357 e. The van der Waals surface area contributed by atoms with Gasteiger partial charge in [-0.3, -0.25) is 4.99 Å². The van der Waals surface area contributed by atoms with E-state index in [1.165, 1.54) is 4.88 Å². The molecule has 18 heavy (non-hydrogen) atoms. The number of rotatable bonds is 6. The molecule has 0 saturated heterocycles. The third kappa shape index (κ3) is 4.87.